The van der Waals surface area contributed by atoms with Crippen molar-refractivity contribution in [3.05, 3.63) is 66.5 Å². The van der Waals surface area contributed by atoms with E-state index in [1.807, 2.05) is 41.8 Å². The zero-order valence-corrected chi connectivity index (χ0v) is 15.5. The van der Waals surface area contributed by atoms with E-state index in [4.69, 9.17) is 4.74 Å². The molecule has 0 radical (unpaired) electrons. The third-order valence-corrected chi connectivity index (χ3v) is 5.52. The number of aromatic nitrogens is 2. The molecule has 0 aliphatic heterocycles. The second-order valence-electron chi connectivity index (χ2n) is 5.82. The van der Waals surface area contributed by atoms with Crippen LogP contribution in [0.2, 0.25) is 0 Å². The van der Waals surface area contributed by atoms with Gasteiger partial charge in [-0.05, 0) is 19.1 Å². The third-order valence-electron chi connectivity index (χ3n) is 4.07. The predicted molar refractivity (Wildman–Crippen MR) is 101 cm³/mol. The molecular formula is C19H21N3O3S. The van der Waals surface area contributed by atoms with Crippen LogP contribution in [0.1, 0.15) is 5.69 Å². The van der Waals surface area contributed by atoms with Gasteiger partial charge in [-0.2, -0.15) is 0 Å². The number of rotatable bonds is 7. The minimum absolute atomic E-state index is 0.183. The molecule has 0 amide bonds. The van der Waals surface area contributed by atoms with Gasteiger partial charge in [0.05, 0.1) is 12.0 Å². The molecular weight excluding hydrogens is 350 g/mol. The van der Waals surface area contributed by atoms with E-state index < -0.39 is 10.0 Å². The Hall–Kier alpha value is -2.64. The number of aryl methyl sites for hydroxylation is 1. The summed E-state index contributed by atoms with van der Waals surface area (Å²) in [7, 11) is -2.09. The number of hydrogen-bond acceptors (Lipinski definition) is 4. The van der Waals surface area contributed by atoms with Crippen LogP contribution in [-0.2, 0) is 16.6 Å². The van der Waals surface area contributed by atoms with Crippen LogP contribution in [-0.4, -0.2) is 31.6 Å². The van der Waals surface area contributed by atoms with Crippen LogP contribution in [0.25, 0.3) is 11.4 Å². The van der Waals surface area contributed by atoms with Crippen LogP contribution < -0.4 is 9.46 Å². The van der Waals surface area contributed by atoms with Crippen molar-refractivity contribution in [1.29, 1.82) is 0 Å². The Morgan fingerprint density at radius 3 is 2.62 bits per heavy atom. The summed E-state index contributed by atoms with van der Waals surface area (Å²) in [4.78, 5) is 4.63. The lowest BCUT2D eigenvalue weighted by Gasteiger charge is -2.12. The van der Waals surface area contributed by atoms with Gasteiger partial charge in [0.1, 0.15) is 11.6 Å². The van der Waals surface area contributed by atoms with E-state index >= 15 is 0 Å². The van der Waals surface area contributed by atoms with Crippen LogP contribution in [0, 0.1) is 6.92 Å². The monoisotopic (exact) mass is 371 g/mol. The highest BCUT2D eigenvalue weighted by Gasteiger charge is 2.15. The van der Waals surface area contributed by atoms with Gasteiger partial charge in [0.25, 0.3) is 0 Å². The first-order valence-electron chi connectivity index (χ1n) is 8.22. The molecule has 0 saturated carbocycles. The highest BCUT2D eigenvalue weighted by molar-refractivity contribution is 7.89. The number of hydrogen-bond donors (Lipinski definition) is 1. The molecule has 26 heavy (non-hydrogen) atoms. The van der Waals surface area contributed by atoms with Gasteiger partial charge in [-0.1, -0.05) is 36.4 Å². The molecule has 0 atom stereocenters. The van der Waals surface area contributed by atoms with Crippen molar-refractivity contribution in [2.75, 3.05) is 13.7 Å². The number of imidazole rings is 1. The molecule has 7 heteroatoms. The van der Waals surface area contributed by atoms with Crippen molar-refractivity contribution in [2.45, 2.75) is 18.4 Å². The molecule has 1 heterocycles. The van der Waals surface area contributed by atoms with E-state index in [-0.39, 0.29) is 11.4 Å². The van der Waals surface area contributed by atoms with Crippen molar-refractivity contribution in [2.24, 2.45) is 0 Å². The molecule has 0 aliphatic rings. The first-order chi connectivity index (χ1) is 12.5. The molecule has 0 fully saturated rings. The highest BCUT2D eigenvalue weighted by Crippen LogP contribution is 2.19. The SMILES string of the molecule is COc1cccc(S(=O)(=O)NCCn2c(C)cnc2-c2ccccc2)c1. The third kappa shape index (κ3) is 3.95. The Kier molecular flexibility index (Phi) is 5.39. The quantitative estimate of drug-likeness (QED) is 0.693. The fraction of sp³-hybridized carbons (Fsp3) is 0.211. The van der Waals surface area contributed by atoms with E-state index in [2.05, 4.69) is 9.71 Å². The maximum Gasteiger partial charge on any atom is 0.240 e. The Labute approximate surface area is 153 Å². The van der Waals surface area contributed by atoms with Gasteiger partial charge < -0.3 is 9.30 Å². The summed E-state index contributed by atoms with van der Waals surface area (Å²) in [6.07, 6.45) is 1.79. The number of ether oxygens (including phenoxy) is 1. The second kappa shape index (κ2) is 7.72. The normalized spacial score (nSPS) is 11.5. The average Bonchev–Trinajstić information content (AvgIpc) is 3.03. The first kappa shape index (κ1) is 18.2. The fourth-order valence-electron chi connectivity index (χ4n) is 2.70. The number of methoxy groups -OCH3 is 1. The van der Waals surface area contributed by atoms with Crippen molar-refractivity contribution < 1.29 is 13.2 Å². The maximum atomic E-state index is 12.5. The highest BCUT2D eigenvalue weighted by atomic mass is 32.2. The van der Waals surface area contributed by atoms with Gasteiger partial charge in [-0.15, -0.1) is 0 Å². The number of nitrogens with zero attached hydrogens (tertiary/aromatic N) is 2. The molecule has 0 bridgehead atoms. The summed E-state index contributed by atoms with van der Waals surface area (Å²) in [5.41, 5.74) is 1.97. The molecule has 1 N–H and O–H groups in total. The van der Waals surface area contributed by atoms with E-state index in [0.29, 0.717) is 12.3 Å². The van der Waals surface area contributed by atoms with Gasteiger partial charge in [-0.25, -0.2) is 18.1 Å². The van der Waals surface area contributed by atoms with Crippen LogP contribution in [0.3, 0.4) is 0 Å². The largest absolute Gasteiger partial charge is 0.497 e. The first-order valence-corrected chi connectivity index (χ1v) is 9.71. The number of sulfonamides is 1. The van der Waals surface area contributed by atoms with Crippen LogP contribution >= 0.6 is 0 Å². The predicted octanol–water partition coefficient (Wildman–Crippen LogP) is 2.85. The summed E-state index contributed by atoms with van der Waals surface area (Å²) < 4.78 is 34.7. The molecule has 0 spiro atoms. The van der Waals surface area contributed by atoms with E-state index in [0.717, 1.165) is 17.1 Å². The minimum Gasteiger partial charge on any atom is -0.497 e. The zero-order chi connectivity index (χ0) is 18.6. The Morgan fingerprint density at radius 2 is 1.88 bits per heavy atom. The van der Waals surface area contributed by atoms with Crippen molar-refractivity contribution in [1.82, 2.24) is 14.3 Å². The number of benzene rings is 2. The smallest absolute Gasteiger partial charge is 0.240 e. The Morgan fingerprint density at radius 1 is 1.12 bits per heavy atom. The molecule has 3 aromatic rings. The molecule has 6 nitrogen and oxygen atoms in total. The van der Waals surface area contributed by atoms with Crippen LogP contribution in [0.5, 0.6) is 5.75 Å². The lowest BCUT2D eigenvalue weighted by molar-refractivity contribution is 0.413. The Balaban J connectivity index is 1.73. The van der Waals surface area contributed by atoms with E-state index in [1.165, 1.54) is 13.2 Å². The molecule has 0 saturated heterocycles. The molecule has 0 unspecified atom stereocenters. The van der Waals surface area contributed by atoms with Crippen molar-refractivity contribution in [3.63, 3.8) is 0 Å². The topological polar surface area (TPSA) is 73.2 Å². The maximum absolute atomic E-state index is 12.5. The summed E-state index contributed by atoms with van der Waals surface area (Å²) >= 11 is 0. The molecule has 1 aromatic heterocycles. The fourth-order valence-corrected chi connectivity index (χ4v) is 3.76. The lowest BCUT2D eigenvalue weighted by Crippen LogP contribution is -2.27. The van der Waals surface area contributed by atoms with Gasteiger partial charge in [0.15, 0.2) is 0 Å². The van der Waals surface area contributed by atoms with Gasteiger partial charge >= 0.3 is 0 Å². The van der Waals surface area contributed by atoms with Crippen LogP contribution in [0.4, 0.5) is 0 Å². The molecule has 136 valence electrons. The summed E-state index contributed by atoms with van der Waals surface area (Å²) in [6, 6.07) is 16.2. The summed E-state index contributed by atoms with van der Waals surface area (Å²) in [5, 5.41) is 0. The van der Waals surface area contributed by atoms with Crippen LogP contribution in [0.15, 0.2) is 65.7 Å². The van der Waals surface area contributed by atoms with Crippen molar-refractivity contribution >= 4 is 10.0 Å². The second-order valence-corrected chi connectivity index (χ2v) is 7.58. The van der Waals surface area contributed by atoms with Gasteiger partial charge in [-0.3, -0.25) is 0 Å². The summed E-state index contributed by atoms with van der Waals surface area (Å²) in [6.45, 7) is 2.70. The van der Waals surface area contributed by atoms with Gasteiger partial charge in [0, 0.05) is 36.6 Å². The minimum atomic E-state index is -3.60. The molecule has 0 aliphatic carbocycles. The summed E-state index contributed by atoms with van der Waals surface area (Å²) in [5.74, 6) is 1.33. The van der Waals surface area contributed by atoms with Gasteiger partial charge in [0.2, 0.25) is 10.0 Å². The zero-order valence-electron chi connectivity index (χ0n) is 14.7. The lowest BCUT2D eigenvalue weighted by atomic mass is 10.2. The molecule has 2 aromatic carbocycles. The molecule has 3 rings (SSSR count). The van der Waals surface area contributed by atoms with E-state index in [9.17, 15) is 8.42 Å². The average molecular weight is 371 g/mol. The number of nitrogens with one attached hydrogen (secondary N) is 1. The van der Waals surface area contributed by atoms with Crippen molar-refractivity contribution in [3.8, 4) is 17.1 Å². The Bertz CT molecular complexity index is 982. The standard InChI is InChI=1S/C19H21N3O3S/c1-15-14-20-19(16-7-4-3-5-8-16)22(15)12-11-21-26(23,24)18-10-6-9-17(13-18)25-2/h3-10,13-14,21H,11-12H2,1-2H3. The van der Waals surface area contributed by atoms with E-state index in [1.54, 1.807) is 24.4 Å².